The number of benzene rings is 2. The third-order valence-corrected chi connectivity index (χ3v) is 6.46. The minimum absolute atomic E-state index is 0.367. The van der Waals surface area contributed by atoms with Gasteiger partial charge in [-0.1, -0.05) is 23.7 Å². The molecule has 2 aromatic carbocycles. The van der Waals surface area contributed by atoms with E-state index in [1.807, 2.05) is 42.6 Å². The second kappa shape index (κ2) is 7.99. The molecule has 1 aliphatic rings. The van der Waals surface area contributed by atoms with Crippen LogP contribution in [-0.4, -0.2) is 45.4 Å². The van der Waals surface area contributed by atoms with Crippen molar-refractivity contribution in [1.82, 2.24) is 14.9 Å². The van der Waals surface area contributed by atoms with Gasteiger partial charge in [-0.3, -0.25) is 4.90 Å². The van der Waals surface area contributed by atoms with Gasteiger partial charge in [0.15, 0.2) is 6.23 Å². The number of rotatable bonds is 5. The van der Waals surface area contributed by atoms with Gasteiger partial charge in [-0.15, -0.1) is 0 Å². The minimum atomic E-state index is -0.592. The number of piperidine rings is 1. The standard InChI is InChI=1S/C24H26ClN3O2/c1-15(29)24(30-23-4-2-3-21-19(23)7-10-26-21)28-11-8-16(9-12-28)20-14-27-22-13-17(25)5-6-18(20)22/h2-7,10,13-16,24,26-27,29H,8-9,11-12H2,1H3. The van der Waals surface area contributed by atoms with Gasteiger partial charge in [-0.05, 0) is 61.6 Å². The molecule has 156 valence electrons. The van der Waals surface area contributed by atoms with Gasteiger partial charge >= 0.3 is 0 Å². The van der Waals surface area contributed by atoms with Crippen LogP contribution in [0.1, 0.15) is 31.2 Å². The molecule has 0 aliphatic carbocycles. The van der Waals surface area contributed by atoms with E-state index in [9.17, 15) is 5.11 Å². The van der Waals surface area contributed by atoms with Gasteiger partial charge in [0, 0.05) is 52.3 Å². The molecular weight excluding hydrogens is 398 g/mol. The Bertz CT molecular complexity index is 1160. The number of fused-ring (bicyclic) bond motifs is 2. The minimum Gasteiger partial charge on any atom is -0.472 e. The summed E-state index contributed by atoms with van der Waals surface area (Å²) in [5, 5.41) is 13.5. The molecule has 0 amide bonds. The van der Waals surface area contributed by atoms with Gasteiger partial charge in [0.05, 0.1) is 0 Å². The summed E-state index contributed by atoms with van der Waals surface area (Å²) in [4.78, 5) is 8.84. The third-order valence-electron chi connectivity index (χ3n) is 6.22. The van der Waals surface area contributed by atoms with Crippen LogP contribution >= 0.6 is 11.6 Å². The van der Waals surface area contributed by atoms with Crippen LogP contribution in [-0.2, 0) is 0 Å². The summed E-state index contributed by atoms with van der Waals surface area (Å²) in [5.41, 5.74) is 3.48. The number of ether oxygens (including phenoxy) is 1. The number of aromatic amines is 2. The number of hydrogen-bond donors (Lipinski definition) is 3. The summed E-state index contributed by atoms with van der Waals surface area (Å²) in [7, 11) is 0. The van der Waals surface area contributed by atoms with Crippen molar-refractivity contribution in [3.05, 3.63) is 65.4 Å². The molecule has 0 spiro atoms. The summed E-state index contributed by atoms with van der Waals surface area (Å²) in [5.74, 6) is 1.29. The number of likely N-dealkylation sites (tertiary alicyclic amines) is 1. The SMILES string of the molecule is CC(O)C(Oc1cccc2[nH]ccc12)N1CCC(c2c[nH]c3cc(Cl)ccc23)CC1. The Morgan fingerprint density at radius 3 is 2.70 bits per heavy atom. The first-order chi connectivity index (χ1) is 14.6. The quantitative estimate of drug-likeness (QED) is 0.410. The van der Waals surface area contributed by atoms with Crippen LogP contribution in [0.4, 0.5) is 0 Å². The molecule has 2 unspecified atom stereocenters. The van der Waals surface area contributed by atoms with Gasteiger partial charge in [0.25, 0.3) is 0 Å². The Labute approximate surface area is 180 Å². The van der Waals surface area contributed by atoms with Crippen molar-refractivity contribution < 1.29 is 9.84 Å². The average Bonchev–Trinajstić information content (AvgIpc) is 3.39. The molecule has 1 saturated heterocycles. The van der Waals surface area contributed by atoms with Crippen LogP contribution < -0.4 is 4.74 Å². The molecule has 1 fully saturated rings. The molecule has 0 bridgehead atoms. The molecule has 1 aliphatic heterocycles. The molecule has 30 heavy (non-hydrogen) atoms. The highest BCUT2D eigenvalue weighted by Gasteiger charge is 2.31. The van der Waals surface area contributed by atoms with Gasteiger partial charge in [-0.25, -0.2) is 0 Å². The third kappa shape index (κ3) is 3.58. The number of aliphatic hydroxyl groups excluding tert-OH is 1. The van der Waals surface area contributed by atoms with Gasteiger partial charge in [0.1, 0.15) is 11.9 Å². The Kier molecular flexibility index (Phi) is 5.19. The lowest BCUT2D eigenvalue weighted by atomic mass is 9.89. The predicted octanol–water partition coefficient (Wildman–Crippen LogP) is 5.27. The summed E-state index contributed by atoms with van der Waals surface area (Å²) >= 11 is 6.13. The fourth-order valence-electron chi connectivity index (χ4n) is 4.69. The van der Waals surface area contributed by atoms with E-state index < -0.39 is 6.10 Å². The molecule has 0 radical (unpaired) electrons. The van der Waals surface area contributed by atoms with E-state index in [1.165, 1.54) is 10.9 Å². The highest BCUT2D eigenvalue weighted by molar-refractivity contribution is 6.31. The number of nitrogens with zero attached hydrogens (tertiary/aromatic N) is 1. The normalized spacial score (nSPS) is 18.1. The van der Waals surface area contributed by atoms with Crippen LogP contribution in [0.15, 0.2) is 54.9 Å². The zero-order valence-corrected chi connectivity index (χ0v) is 17.7. The maximum absolute atomic E-state index is 10.5. The number of aromatic nitrogens is 2. The first-order valence-electron chi connectivity index (χ1n) is 10.5. The Balaban J connectivity index is 1.32. The van der Waals surface area contributed by atoms with Crippen molar-refractivity contribution in [3.63, 3.8) is 0 Å². The molecule has 5 rings (SSSR count). The number of hydrogen-bond acceptors (Lipinski definition) is 3. The lowest BCUT2D eigenvalue weighted by Crippen LogP contribution is -2.49. The van der Waals surface area contributed by atoms with Crippen LogP contribution in [0.25, 0.3) is 21.8 Å². The lowest BCUT2D eigenvalue weighted by Gasteiger charge is -2.38. The van der Waals surface area contributed by atoms with E-state index >= 15 is 0 Å². The average molecular weight is 424 g/mol. The predicted molar refractivity (Wildman–Crippen MR) is 121 cm³/mol. The summed E-state index contributed by atoms with van der Waals surface area (Å²) < 4.78 is 6.33. The Hall–Kier alpha value is -2.47. The van der Waals surface area contributed by atoms with Crippen molar-refractivity contribution in [3.8, 4) is 5.75 Å². The largest absolute Gasteiger partial charge is 0.472 e. The molecular formula is C24H26ClN3O2. The zero-order valence-electron chi connectivity index (χ0n) is 16.9. The number of aliphatic hydroxyl groups is 1. The van der Waals surface area contributed by atoms with E-state index in [1.54, 1.807) is 6.92 Å². The van der Waals surface area contributed by atoms with E-state index in [4.69, 9.17) is 16.3 Å². The number of H-pyrrole nitrogens is 2. The maximum Gasteiger partial charge on any atom is 0.178 e. The first kappa shape index (κ1) is 19.5. The van der Waals surface area contributed by atoms with Crippen LogP contribution in [0.5, 0.6) is 5.75 Å². The fraction of sp³-hybridized carbons (Fsp3) is 0.333. The van der Waals surface area contributed by atoms with E-state index in [0.29, 0.717) is 5.92 Å². The molecule has 5 nitrogen and oxygen atoms in total. The molecule has 0 saturated carbocycles. The van der Waals surface area contributed by atoms with Crippen LogP contribution in [0, 0.1) is 0 Å². The molecule has 6 heteroatoms. The van der Waals surface area contributed by atoms with Crippen molar-refractivity contribution >= 4 is 33.4 Å². The summed E-state index contributed by atoms with van der Waals surface area (Å²) in [6.45, 7) is 3.56. The van der Waals surface area contributed by atoms with Gasteiger partial charge < -0.3 is 19.8 Å². The second-order valence-electron chi connectivity index (χ2n) is 8.19. The first-order valence-corrected chi connectivity index (χ1v) is 10.9. The summed E-state index contributed by atoms with van der Waals surface area (Å²) in [6, 6.07) is 14.0. The molecule has 3 N–H and O–H groups in total. The van der Waals surface area contributed by atoms with Crippen LogP contribution in [0.3, 0.4) is 0 Å². The van der Waals surface area contributed by atoms with Crippen LogP contribution in [0.2, 0.25) is 5.02 Å². The maximum atomic E-state index is 10.5. The van der Waals surface area contributed by atoms with Crippen molar-refractivity contribution in [2.45, 2.75) is 38.0 Å². The molecule has 2 atom stereocenters. The van der Waals surface area contributed by atoms with Crippen molar-refractivity contribution in [2.75, 3.05) is 13.1 Å². The molecule has 3 heterocycles. The van der Waals surface area contributed by atoms with E-state index in [-0.39, 0.29) is 6.23 Å². The highest BCUT2D eigenvalue weighted by atomic mass is 35.5. The lowest BCUT2D eigenvalue weighted by molar-refractivity contribution is -0.0663. The van der Waals surface area contributed by atoms with Crippen molar-refractivity contribution in [2.24, 2.45) is 0 Å². The monoisotopic (exact) mass is 423 g/mol. The van der Waals surface area contributed by atoms with E-state index in [2.05, 4.69) is 27.1 Å². The highest BCUT2D eigenvalue weighted by Crippen LogP contribution is 2.35. The number of nitrogens with one attached hydrogen (secondary N) is 2. The van der Waals surface area contributed by atoms with Gasteiger partial charge in [0.2, 0.25) is 0 Å². The van der Waals surface area contributed by atoms with Crippen molar-refractivity contribution in [1.29, 1.82) is 0 Å². The topological polar surface area (TPSA) is 64.3 Å². The zero-order chi connectivity index (χ0) is 20.7. The second-order valence-corrected chi connectivity index (χ2v) is 8.62. The summed E-state index contributed by atoms with van der Waals surface area (Å²) in [6.07, 6.45) is 5.12. The number of halogens is 1. The van der Waals surface area contributed by atoms with E-state index in [0.717, 1.165) is 53.1 Å². The molecule has 4 aromatic rings. The Morgan fingerprint density at radius 1 is 1.07 bits per heavy atom. The fourth-order valence-corrected chi connectivity index (χ4v) is 4.86. The smallest absolute Gasteiger partial charge is 0.178 e. The molecule has 2 aromatic heterocycles. The van der Waals surface area contributed by atoms with Gasteiger partial charge in [-0.2, -0.15) is 0 Å². The Morgan fingerprint density at radius 2 is 1.90 bits per heavy atom.